The summed E-state index contributed by atoms with van der Waals surface area (Å²) in [6.45, 7) is 0. The van der Waals surface area contributed by atoms with Gasteiger partial charge in [0.2, 0.25) is 5.91 Å². The Morgan fingerprint density at radius 1 is 1.22 bits per heavy atom. The van der Waals surface area contributed by atoms with Gasteiger partial charge in [0, 0.05) is 16.8 Å². The largest absolute Gasteiger partial charge is 0.332 e. The Morgan fingerprint density at radius 2 is 2.00 bits per heavy atom. The van der Waals surface area contributed by atoms with Crippen LogP contribution in [0, 0.1) is 11.3 Å². The normalized spacial score (nSPS) is 10.1. The third kappa shape index (κ3) is 5.22. The van der Waals surface area contributed by atoms with Crippen LogP contribution in [0.1, 0.15) is 11.1 Å². The molecule has 2 aromatic rings. The van der Waals surface area contributed by atoms with Crippen molar-refractivity contribution in [2.45, 2.75) is 0 Å². The highest BCUT2D eigenvalue weighted by molar-refractivity contribution is 7.80. The first-order chi connectivity index (χ1) is 11.1. The standard InChI is InChI=1S/C17H12ClN3OS/c18-15-7-2-1-5-13(15)8-9-16(22)21-17(23)20-14-6-3-4-12(10-14)11-19/h1-10H,(H2,20,21,22,23). The number of hydrogen-bond acceptors (Lipinski definition) is 3. The van der Waals surface area contributed by atoms with Gasteiger partial charge in [0.15, 0.2) is 5.11 Å². The summed E-state index contributed by atoms with van der Waals surface area (Å²) >= 11 is 11.1. The topological polar surface area (TPSA) is 64.9 Å². The fraction of sp³-hybridized carbons (Fsp3) is 0. The molecule has 0 unspecified atom stereocenters. The summed E-state index contributed by atoms with van der Waals surface area (Å²) < 4.78 is 0. The van der Waals surface area contributed by atoms with Crippen LogP contribution in [0.15, 0.2) is 54.6 Å². The Kier molecular flexibility index (Phi) is 5.87. The van der Waals surface area contributed by atoms with Crippen LogP contribution in [0.2, 0.25) is 5.02 Å². The van der Waals surface area contributed by atoms with E-state index in [1.165, 1.54) is 6.08 Å². The second-order valence-electron chi connectivity index (χ2n) is 4.49. The van der Waals surface area contributed by atoms with E-state index in [1.54, 1.807) is 42.5 Å². The van der Waals surface area contributed by atoms with Gasteiger partial charge in [-0.1, -0.05) is 35.9 Å². The number of nitrogens with one attached hydrogen (secondary N) is 2. The SMILES string of the molecule is N#Cc1cccc(NC(=S)NC(=O)C=Cc2ccccc2Cl)c1. The predicted molar refractivity (Wildman–Crippen MR) is 96.0 cm³/mol. The number of rotatable bonds is 3. The summed E-state index contributed by atoms with van der Waals surface area (Å²) in [4.78, 5) is 11.8. The number of carbonyl (C=O) groups excluding carboxylic acids is 1. The van der Waals surface area contributed by atoms with Crippen LogP contribution in [-0.2, 0) is 4.79 Å². The van der Waals surface area contributed by atoms with Gasteiger partial charge in [0.05, 0.1) is 11.6 Å². The molecular formula is C17H12ClN3OS. The van der Waals surface area contributed by atoms with Gasteiger partial charge in [-0.15, -0.1) is 0 Å². The molecule has 6 heteroatoms. The lowest BCUT2D eigenvalue weighted by Gasteiger charge is -2.08. The van der Waals surface area contributed by atoms with Gasteiger partial charge in [-0.05, 0) is 48.1 Å². The monoisotopic (exact) mass is 341 g/mol. The molecule has 0 aromatic heterocycles. The Morgan fingerprint density at radius 3 is 2.74 bits per heavy atom. The van der Waals surface area contributed by atoms with Crippen molar-refractivity contribution in [1.29, 1.82) is 5.26 Å². The molecule has 2 aromatic carbocycles. The highest BCUT2D eigenvalue weighted by Crippen LogP contribution is 2.16. The molecule has 0 radical (unpaired) electrons. The maximum Gasteiger partial charge on any atom is 0.250 e. The van der Waals surface area contributed by atoms with E-state index in [0.717, 1.165) is 5.56 Å². The number of halogens is 1. The van der Waals surface area contributed by atoms with Gasteiger partial charge in [0.25, 0.3) is 0 Å². The number of hydrogen-bond donors (Lipinski definition) is 2. The van der Waals surface area contributed by atoms with Crippen molar-refractivity contribution in [1.82, 2.24) is 5.32 Å². The molecule has 0 heterocycles. The van der Waals surface area contributed by atoms with Gasteiger partial charge < -0.3 is 5.32 Å². The average molecular weight is 342 g/mol. The van der Waals surface area contributed by atoms with Crippen molar-refractivity contribution < 1.29 is 4.79 Å². The second kappa shape index (κ2) is 8.08. The molecule has 1 amide bonds. The molecule has 4 nitrogen and oxygen atoms in total. The van der Waals surface area contributed by atoms with Crippen molar-refractivity contribution in [3.05, 3.63) is 70.8 Å². The van der Waals surface area contributed by atoms with Gasteiger partial charge in [-0.3, -0.25) is 10.1 Å². The van der Waals surface area contributed by atoms with Crippen LogP contribution in [0.5, 0.6) is 0 Å². The van der Waals surface area contributed by atoms with Crippen molar-refractivity contribution in [3.8, 4) is 6.07 Å². The lowest BCUT2D eigenvalue weighted by atomic mass is 10.2. The molecule has 0 atom stereocenters. The molecule has 0 fully saturated rings. The van der Waals surface area contributed by atoms with Crippen molar-refractivity contribution in [2.75, 3.05) is 5.32 Å². The molecular weight excluding hydrogens is 330 g/mol. The number of anilines is 1. The Balaban J connectivity index is 1.93. The zero-order chi connectivity index (χ0) is 16.7. The van der Waals surface area contributed by atoms with E-state index in [2.05, 4.69) is 10.6 Å². The van der Waals surface area contributed by atoms with Crippen LogP contribution >= 0.6 is 23.8 Å². The Hall–Kier alpha value is -2.68. The fourth-order valence-corrected chi connectivity index (χ4v) is 2.18. The summed E-state index contributed by atoms with van der Waals surface area (Å²) in [7, 11) is 0. The number of nitriles is 1. The van der Waals surface area contributed by atoms with Crippen molar-refractivity contribution in [2.24, 2.45) is 0 Å². The van der Waals surface area contributed by atoms with Crippen LogP contribution in [0.25, 0.3) is 6.08 Å². The number of carbonyl (C=O) groups is 1. The molecule has 114 valence electrons. The summed E-state index contributed by atoms with van der Waals surface area (Å²) in [5.41, 5.74) is 1.87. The molecule has 23 heavy (non-hydrogen) atoms. The van der Waals surface area contributed by atoms with E-state index in [0.29, 0.717) is 16.3 Å². The molecule has 0 aliphatic rings. The quantitative estimate of drug-likeness (QED) is 0.659. The van der Waals surface area contributed by atoms with Crippen LogP contribution < -0.4 is 10.6 Å². The molecule has 0 bridgehead atoms. The first kappa shape index (κ1) is 16.7. The van der Waals surface area contributed by atoms with Crippen LogP contribution in [0.3, 0.4) is 0 Å². The number of nitrogens with zero attached hydrogens (tertiary/aromatic N) is 1. The van der Waals surface area contributed by atoms with Gasteiger partial charge in [0.1, 0.15) is 0 Å². The molecule has 0 saturated carbocycles. The molecule has 0 saturated heterocycles. The Bertz CT molecular complexity index is 811. The maximum absolute atomic E-state index is 11.8. The summed E-state index contributed by atoms with van der Waals surface area (Å²) in [5, 5.41) is 14.9. The predicted octanol–water partition coefficient (Wildman–Crippen LogP) is 3.74. The third-order valence-corrected chi connectivity index (χ3v) is 3.35. The molecule has 0 aliphatic carbocycles. The van der Waals surface area contributed by atoms with E-state index in [4.69, 9.17) is 29.1 Å². The lowest BCUT2D eigenvalue weighted by molar-refractivity contribution is -0.115. The number of thiocarbonyl (C=S) groups is 1. The van der Waals surface area contributed by atoms with E-state index in [-0.39, 0.29) is 11.0 Å². The lowest BCUT2D eigenvalue weighted by Crippen LogP contribution is -2.32. The average Bonchev–Trinajstić information content (AvgIpc) is 2.54. The third-order valence-electron chi connectivity index (χ3n) is 2.81. The Labute approximate surface area is 144 Å². The first-order valence-electron chi connectivity index (χ1n) is 6.63. The van der Waals surface area contributed by atoms with Crippen LogP contribution in [-0.4, -0.2) is 11.0 Å². The zero-order valence-corrected chi connectivity index (χ0v) is 13.5. The first-order valence-corrected chi connectivity index (χ1v) is 7.42. The minimum absolute atomic E-state index is 0.147. The highest BCUT2D eigenvalue weighted by atomic mass is 35.5. The summed E-state index contributed by atoms with van der Waals surface area (Å²) in [6, 6.07) is 16.0. The number of benzene rings is 2. The highest BCUT2D eigenvalue weighted by Gasteiger charge is 2.03. The number of amides is 1. The van der Waals surface area contributed by atoms with E-state index < -0.39 is 0 Å². The van der Waals surface area contributed by atoms with E-state index in [9.17, 15) is 4.79 Å². The second-order valence-corrected chi connectivity index (χ2v) is 5.31. The van der Waals surface area contributed by atoms with Gasteiger partial charge in [-0.2, -0.15) is 5.26 Å². The summed E-state index contributed by atoms with van der Waals surface area (Å²) in [5.74, 6) is -0.376. The summed E-state index contributed by atoms with van der Waals surface area (Å²) in [6.07, 6.45) is 2.96. The molecule has 2 N–H and O–H groups in total. The van der Waals surface area contributed by atoms with Crippen molar-refractivity contribution >= 4 is 46.6 Å². The van der Waals surface area contributed by atoms with Gasteiger partial charge >= 0.3 is 0 Å². The van der Waals surface area contributed by atoms with E-state index in [1.807, 2.05) is 18.2 Å². The molecule has 0 aliphatic heterocycles. The van der Waals surface area contributed by atoms with Crippen molar-refractivity contribution in [3.63, 3.8) is 0 Å². The minimum atomic E-state index is -0.376. The minimum Gasteiger partial charge on any atom is -0.332 e. The molecule has 0 spiro atoms. The molecule has 2 rings (SSSR count). The van der Waals surface area contributed by atoms with Gasteiger partial charge in [-0.25, -0.2) is 0 Å². The smallest absolute Gasteiger partial charge is 0.250 e. The maximum atomic E-state index is 11.8. The van der Waals surface area contributed by atoms with E-state index >= 15 is 0 Å². The van der Waals surface area contributed by atoms with Crippen LogP contribution in [0.4, 0.5) is 5.69 Å². The fourth-order valence-electron chi connectivity index (χ4n) is 1.76. The zero-order valence-electron chi connectivity index (χ0n) is 11.9.